The Balaban J connectivity index is 2.22. The van der Waals surface area contributed by atoms with Crippen LogP contribution < -0.4 is 5.32 Å². The van der Waals surface area contributed by atoms with Crippen LogP contribution in [0.5, 0.6) is 0 Å². The van der Waals surface area contributed by atoms with Crippen LogP contribution in [0.2, 0.25) is 0 Å². The number of rotatable bonds is 5. The number of hydrogen-bond donors (Lipinski definition) is 1. The molecule has 3 heteroatoms. The van der Waals surface area contributed by atoms with Crippen molar-refractivity contribution in [3.8, 4) is 0 Å². The molecule has 0 unspecified atom stereocenters. The highest BCUT2D eigenvalue weighted by Crippen LogP contribution is 2.20. The van der Waals surface area contributed by atoms with Crippen molar-refractivity contribution in [3.05, 3.63) is 48.2 Å². The summed E-state index contributed by atoms with van der Waals surface area (Å²) in [4.78, 5) is 0. The second-order valence-electron chi connectivity index (χ2n) is 3.96. The number of nitrogens with zero attached hydrogens (tertiary/aromatic N) is 1. The number of halogens is 1. The molecule has 0 saturated heterocycles. The maximum Gasteiger partial charge on any atom is 0.110 e. The van der Waals surface area contributed by atoms with E-state index in [0.29, 0.717) is 5.88 Å². The topological polar surface area (TPSA) is 17.0 Å². The fourth-order valence-corrected chi connectivity index (χ4v) is 1.99. The number of anilines is 2. The van der Waals surface area contributed by atoms with Gasteiger partial charge in [-0.3, -0.25) is 0 Å². The zero-order chi connectivity index (χ0) is 12.1. The summed E-state index contributed by atoms with van der Waals surface area (Å²) in [6.07, 6.45) is 3.20. The molecule has 0 aliphatic carbocycles. The van der Waals surface area contributed by atoms with Gasteiger partial charge in [0.15, 0.2) is 0 Å². The molecular weight excluding hydrogens is 232 g/mol. The van der Waals surface area contributed by atoms with Gasteiger partial charge in [0.1, 0.15) is 5.82 Å². The predicted molar refractivity (Wildman–Crippen MR) is 74.3 cm³/mol. The average molecular weight is 249 g/mol. The van der Waals surface area contributed by atoms with Crippen molar-refractivity contribution in [1.29, 1.82) is 0 Å². The highest BCUT2D eigenvalue weighted by Gasteiger charge is 2.04. The minimum absolute atomic E-state index is 0.626. The van der Waals surface area contributed by atoms with Gasteiger partial charge in [0.25, 0.3) is 0 Å². The number of aryl methyl sites for hydroxylation is 2. The van der Waals surface area contributed by atoms with Crippen LogP contribution in [-0.4, -0.2) is 10.4 Å². The van der Waals surface area contributed by atoms with Crippen molar-refractivity contribution in [3.63, 3.8) is 0 Å². The van der Waals surface area contributed by atoms with Gasteiger partial charge < -0.3 is 9.88 Å². The number of hydrogen-bond acceptors (Lipinski definition) is 1. The van der Waals surface area contributed by atoms with Crippen molar-refractivity contribution in [2.75, 3.05) is 11.2 Å². The Morgan fingerprint density at radius 1 is 1.24 bits per heavy atom. The summed E-state index contributed by atoms with van der Waals surface area (Å²) in [6, 6.07) is 12.4. The van der Waals surface area contributed by atoms with Crippen molar-refractivity contribution in [1.82, 2.24) is 4.57 Å². The molecule has 90 valence electrons. The van der Waals surface area contributed by atoms with Crippen LogP contribution in [0.3, 0.4) is 0 Å². The van der Waals surface area contributed by atoms with Crippen molar-refractivity contribution >= 4 is 23.1 Å². The SMILES string of the molecule is CCc1cc(Nc2ccccc2)n(CCCl)c1. The van der Waals surface area contributed by atoms with Gasteiger partial charge in [0.05, 0.1) is 0 Å². The fourth-order valence-electron chi connectivity index (χ4n) is 1.81. The lowest BCUT2D eigenvalue weighted by Crippen LogP contribution is -2.02. The van der Waals surface area contributed by atoms with Crippen molar-refractivity contribution in [2.45, 2.75) is 19.9 Å². The second kappa shape index (κ2) is 5.78. The molecule has 0 saturated carbocycles. The monoisotopic (exact) mass is 248 g/mol. The first kappa shape index (κ1) is 12.1. The first-order valence-corrected chi connectivity index (χ1v) is 6.44. The number of alkyl halides is 1. The lowest BCUT2D eigenvalue weighted by atomic mass is 10.3. The molecule has 1 heterocycles. The average Bonchev–Trinajstić information content (AvgIpc) is 2.74. The van der Waals surface area contributed by atoms with E-state index in [-0.39, 0.29) is 0 Å². The Kier molecular flexibility index (Phi) is 4.10. The molecule has 1 N–H and O–H groups in total. The number of nitrogens with one attached hydrogen (secondary N) is 1. The summed E-state index contributed by atoms with van der Waals surface area (Å²) >= 11 is 5.81. The molecule has 0 amide bonds. The molecule has 2 nitrogen and oxygen atoms in total. The Morgan fingerprint density at radius 2 is 2.00 bits per heavy atom. The minimum Gasteiger partial charge on any atom is -0.342 e. The van der Waals surface area contributed by atoms with Crippen molar-refractivity contribution < 1.29 is 0 Å². The van der Waals surface area contributed by atoms with Gasteiger partial charge in [-0.15, -0.1) is 11.6 Å². The van der Waals surface area contributed by atoms with Gasteiger partial charge in [-0.1, -0.05) is 25.1 Å². The van der Waals surface area contributed by atoms with Gasteiger partial charge in [-0.2, -0.15) is 0 Å². The van der Waals surface area contributed by atoms with Crippen LogP contribution in [0, 0.1) is 0 Å². The Bertz CT molecular complexity index is 462. The van der Waals surface area contributed by atoms with Crippen LogP contribution in [0.4, 0.5) is 11.5 Å². The summed E-state index contributed by atoms with van der Waals surface area (Å²) in [5, 5.41) is 3.42. The third-order valence-corrected chi connectivity index (χ3v) is 2.90. The molecular formula is C14H17ClN2. The fraction of sp³-hybridized carbons (Fsp3) is 0.286. The van der Waals surface area contributed by atoms with Crippen LogP contribution in [-0.2, 0) is 13.0 Å². The lowest BCUT2D eigenvalue weighted by molar-refractivity contribution is 0.780. The largest absolute Gasteiger partial charge is 0.342 e. The van der Waals surface area contributed by atoms with Gasteiger partial charge in [-0.25, -0.2) is 0 Å². The summed E-state index contributed by atoms with van der Waals surface area (Å²) < 4.78 is 2.17. The third kappa shape index (κ3) is 3.04. The van der Waals surface area contributed by atoms with E-state index in [1.54, 1.807) is 0 Å². The molecule has 0 spiro atoms. The molecule has 0 radical (unpaired) electrons. The normalized spacial score (nSPS) is 10.5. The first-order valence-electron chi connectivity index (χ1n) is 5.90. The molecule has 17 heavy (non-hydrogen) atoms. The maximum atomic E-state index is 5.81. The number of aromatic nitrogens is 1. The first-order chi connectivity index (χ1) is 8.33. The van der Waals surface area contributed by atoms with Gasteiger partial charge in [0, 0.05) is 24.3 Å². The zero-order valence-corrected chi connectivity index (χ0v) is 10.7. The standard InChI is InChI=1S/C14H17ClN2/c1-2-12-10-14(17(11-12)9-8-15)16-13-6-4-3-5-7-13/h3-7,10-11,16H,2,8-9H2,1H3. The summed E-state index contributed by atoms with van der Waals surface area (Å²) in [6.45, 7) is 2.99. The quantitative estimate of drug-likeness (QED) is 0.791. The predicted octanol–water partition coefficient (Wildman–Crippen LogP) is 4.03. The van der Waals surface area contributed by atoms with E-state index < -0.39 is 0 Å². The molecule has 0 atom stereocenters. The summed E-state index contributed by atoms with van der Waals surface area (Å²) in [5.74, 6) is 1.73. The second-order valence-corrected chi connectivity index (χ2v) is 4.34. The van der Waals surface area contributed by atoms with Gasteiger partial charge in [0.2, 0.25) is 0 Å². The molecule has 2 rings (SSSR count). The number of para-hydroxylation sites is 1. The lowest BCUT2D eigenvalue weighted by Gasteiger charge is -2.09. The molecule has 0 bridgehead atoms. The Hall–Kier alpha value is -1.41. The van der Waals surface area contributed by atoms with Crippen LogP contribution in [0.15, 0.2) is 42.6 Å². The smallest absolute Gasteiger partial charge is 0.110 e. The molecule has 2 aromatic rings. The maximum absolute atomic E-state index is 5.81. The van der Waals surface area contributed by atoms with Crippen LogP contribution in [0.1, 0.15) is 12.5 Å². The molecule has 1 aromatic carbocycles. The van der Waals surface area contributed by atoms with Crippen molar-refractivity contribution in [2.24, 2.45) is 0 Å². The van der Waals surface area contributed by atoms with E-state index in [1.807, 2.05) is 18.2 Å². The van der Waals surface area contributed by atoms with E-state index in [9.17, 15) is 0 Å². The summed E-state index contributed by atoms with van der Waals surface area (Å²) in [5.41, 5.74) is 2.43. The minimum atomic E-state index is 0.626. The highest BCUT2D eigenvalue weighted by molar-refractivity contribution is 6.17. The molecule has 0 aliphatic rings. The molecule has 0 fully saturated rings. The van der Waals surface area contributed by atoms with E-state index in [4.69, 9.17) is 11.6 Å². The number of benzene rings is 1. The third-order valence-electron chi connectivity index (χ3n) is 2.73. The molecule has 1 aromatic heterocycles. The highest BCUT2D eigenvalue weighted by atomic mass is 35.5. The summed E-state index contributed by atoms with van der Waals surface area (Å²) in [7, 11) is 0. The van der Waals surface area contributed by atoms with Gasteiger partial charge in [-0.05, 0) is 30.2 Å². The van der Waals surface area contributed by atoms with Crippen LogP contribution >= 0.6 is 11.6 Å². The Morgan fingerprint density at radius 3 is 2.65 bits per heavy atom. The van der Waals surface area contributed by atoms with Crippen LogP contribution in [0.25, 0.3) is 0 Å². The van der Waals surface area contributed by atoms with E-state index in [1.165, 1.54) is 5.56 Å². The van der Waals surface area contributed by atoms with E-state index in [0.717, 1.165) is 24.5 Å². The van der Waals surface area contributed by atoms with Gasteiger partial charge >= 0.3 is 0 Å². The van der Waals surface area contributed by atoms with E-state index in [2.05, 4.69) is 41.2 Å². The zero-order valence-electron chi connectivity index (χ0n) is 9.99. The Labute approximate surface area is 107 Å². The van der Waals surface area contributed by atoms with E-state index >= 15 is 0 Å². The molecule has 0 aliphatic heterocycles.